The summed E-state index contributed by atoms with van der Waals surface area (Å²) in [6, 6.07) is 7.90. The average molecular weight is 297 g/mol. The first kappa shape index (κ1) is 16.0. The summed E-state index contributed by atoms with van der Waals surface area (Å²) < 4.78 is 0. The Hall–Kier alpha value is -2.36. The predicted octanol–water partition coefficient (Wildman–Crippen LogP) is 3.80. The van der Waals surface area contributed by atoms with Crippen molar-refractivity contribution in [2.75, 3.05) is 23.3 Å². The van der Waals surface area contributed by atoms with Crippen LogP contribution in [-0.2, 0) is 0 Å². The molecule has 0 unspecified atom stereocenters. The summed E-state index contributed by atoms with van der Waals surface area (Å²) >= 11 is 0. The Balaban J connectivity index is 2.20. The molecule has 4 nitrogen and oxygen atoms in total. The molecule has 0 radical (unpaired) electrons. The maximum atomic E-state index is 12.4. The second kappa shape index (κ2) is 7.07. The molecular formula is C18H23N3O. The van der Waals surface area contributed by atoms with Gasteiger partial charge in [-0.1, -0.05) is 6.07 Å². The van der Waals surface area contributed by atoms with Gasteiger partial charge in [0, 0.05) is 25.0 Å². The fourth-order valence-corrected chi connectivity index (χ4v) is 2.56. The molecule has 1 heterocycles. The highest BCUT2D eigenvalue weighted by Crippen LogP contribution is 2.17. The number of amides is 1. The van der Waals surface area contributed by atoms with Crippen molar-refractivity contribution in [1.29, 1.82) is 0 Å². The van der Waals surface area contributed by atoms with E-state index in [4.69, 9.17) is 0 Å². The molecule has 1 amide bonds. The molecule has 0 saturated heterocycles. The summed E-state index contributed by atoms with van der Waals surface area (Å²) in [5.41, 5.74) is 4.62. The molecule has 22 heavy (non-hydrogen) atoms. The smallest absolute Gasteiger partial charge is 0.257 e. The van der Waals surface area contributed by atoms with Crippen molar-refractivity contribution in [3.05, 3.63) is 53.3 Å². The number of nitrogens with zero attached hydrogens (tertiary/aromatic N) is 2. The zero-order chi connectivity index (χ0) is 16.1. The Morgan fingerprint density at radius 3 is 2.27 bits per heavy atom. The minimum atomic E-state index is -0.133. The summed E-state index contributed by atoms with van der Waals surface area (Å²) in [6.07, 6.45) is 3.39. The van der Waals surface area contributed by atoms with Gasteiger partial charge in [0.25, 0.3) is 5.91 Å². The molecule has 0 spiro atoms. The van der Waals surface area contributed by atoms with Crippen LogP contribution in [0, 0.1) is 13.8 Å². The molecule has 1 N–H and O–H groups in total. The van der Waals surface area contributed by atoms with E-state index in [1.807, 2.05) is 32.0 Å². The Bertz CT molecular complexity index is 643. The van der Waals surface area contributed by atoms with Crippen LogP contribution < -0.4 is 10.2 Å². The monoisotopic (exact) mass is 297 g/mol. The number of aromatic nitrogens is 1. The first-order chi connectivity index (χ1) is 10.5. The highest BCUT2D eigenvalue weighted by atomic mass is 16.1. The summed E-state index contributed by atoms with van der Waals surface area (Å²) in [7, 11) is 0. The van der Waals surface area contributed by atoms with Crippen LogP contribution >= 0.6 is 0 Å². The molecule has 0 bridgehead atoms. The molecule has 0 aliphatic heterocycles. The van der Waals surface area contributed by atoms with Crippen LogP contribution in [0.5, 0.6) is 0 Å². The Kier molecular flexibility index (Phi) is 5.15. The van der Waals surface area contributed by atoms with E-state index in [-0.39, 0.29) is 5.91 Å². The van der Waals surface area contributed by atoms with Crippen LogP contribution in [0.3, 0.4) is 0 Å². The Morgan fingerprint density at radius 2 is 1.68 bits per heavy atom. The van der Waals surface area contributed by atoms with Crippen LogP contribution in [0.25, 0.3) is 0 Å². The third kappa shape index (κ3) is 3.85. The first-order valence-corrected chi connectivity index (χ1v) is 7.63. The van der Waals surface area contributed by atoms with Crippen molar-refractivity contribution in [2.45, 2.75) is 27.7 Å². The number of rotatable bonds is 5. The number of hydrogen-bond acceptors (Lipinski definition) is 3. The number of benzene rings is 1. The molecule has 2 aromatic rings. The number of carbonyl (C=O) groups is 1. The lowest BCUT2D eigenvalue weighted by molar-refractivity contribution is 0.102. The lowest BCUT2D eigenvalue weighted by Crippen LogP contribution is -2.22. The van der Waals surface area contributed by atoms with Crippen LogP contribution in [0.4, 0.5) is 11.4 Å². The third-order valence-electron chi connectivity index (χ3n) is 3.59. The van der Waals surface area contributed by atoms with Gasteiger partial charge in [0.15, 0.2) is 0 Å². The predicted molar refractivity (Wildman–Crippen MR) is 91.7 cm³/mol. The maximum Gasteiger partial charge on any atom is 0.257 e. The minimum absolute atomic E-state index is 0.133. The minimum Gasteiger partial charge on any atom is -0.371 e. The van der Waals surface area contributed by atoms with Crippen molar-refractivity contribution in [3.8, 4) is 0 Å². The van der Waals surface area contributed by atoms with Crippen molar-refractivity contribution >= 4 is 17.3 Å². The van der Waals surface area contributed by atoms with Crippen molar-refractivity contribution in [2.24, 2.45) is 0 Å². The molecule has 116 valence electrons. The normalized spacial score (nSPS) is 10.4. The van der Waals surface area contributed by atoms with Gasteiger partial charge in [-0.25, -0.2) is 0 Å². The lowest BCUT2D eigenvalue weighted by Gasteiger charge is -2.20. The van der Waals surface area contributed by atoms with E-state index in [9.17, 15) is 4.79 Å². The van der Waals surface area contributed by atoms with E-state index in [1.165, 1.54) is 0 Å². The Morgan fingerprint density at radius 1 is 1.05 bits per heavy atom. The standard InChI is InChI=1S/C18H23N3O/c1-5-21(6-2)17-10-15(11-19-12-17)18(22)20-16-8-13(3)7-14(4)9-16/h7-12H,5-6H2,1-4H3,(H,20,22). The largest absolute Gasteiger partial charge is 0.371 e. The number of carbonyl (C=O) groups excluding carboxylic acids is 1. The molecular weight excluding hydrogens is 274 g/mol. The van der Waals surface area contributed by atoms with Crippen LogP contribution in [0.15, 0.2) is 36.7 Å². The maximum absolute atomic E-state index is 12.4. The van der Waals surface area contributed by atoms with E-state index in [0.717, 1.165) is 35.6 Å². The second-order valence-electron chi connectivity index (χ2n) is 5.43. The van der Waals surface area contributed by atoms with E-state index in [2.05, 4.69) is 35.1 Å². The van der Waals surface area contributed by atoms with E-state index in [1.54, 1.807) is 12.4 Å². The van der Waals surface area contributed by atoms with Gasteiger partial charge in [-0.2, -0.15) is 0 Å². The third-order valence-corrected chi connectivity index (χ3v) is 3.59. The zero-order valence-corrected chi connectivity index (χ0v) is 13.7. The van der Waals surface area contributed by atoms with Crippen molar-refractivity contribution < 1.29 is 4.79 Å². The molecule has 1 aromatic heterocycles. The molecule has 0 fully saturated rings. The molecule has 0 aliphatic carbocycles. The first-order valence-electron chi connectivity index (χ1n) is 7.63. The molecule has 4 heteroatoms. The SMILES string of the molecule is CCN(CC)c1cncc(C(=O)Nc2cc(C)cc(C)c2)c1. The number of pyridine rings is 1. The highest BCUT2D eigenvalue weighted by Gasteiger charge is 2.10. The number of nitrogens with one attached hydrogen (secondary N) is 1. The fourth-order valence-electron chi connectivity index (χ4n) is 2.56. The highest BCUT2D eigenvalue weighted by molar-refractivity contribution is 6.04. The Labute approximate surface area is 132 Å². The zero-order valence-electron chi connectivity index (χ0n) is 13.7. The van der Waals surface area contributed by atoms with Crippen molar-refractivity contribution in [3.63, 3.8) is 0 Å². The quantitative estimate of drug-likeness (QED) is 0.913. The second-order valence-corrected chi connectivity index (χ2v) is 5.43. The summed E-state index contributed by atoms with van der Waals surface area (Å²) in [5.74, 6) is -0.133. The molecule has 0 atom stereocenters. The fraction of sp³-hybridized carbons (Fsp3) is 0.333. The van der Waals surface area contributed by atoms with Gasteiger partial charge in [-0.05, 0) is 57.0 Å². The van der Waals surface area contributed by atoms with Gasteiger partial charge in [0.05, 0.1) is 17.4 Å². The summed E-state index contributed by atoms with van der Waals surface area (Å²) in [6.45, 7) is 9.99. The van der Waals surface area contributed by atoms with Gasteiger partial charge in [0.2, 0.25) is 0 Å². The van der Waals surface area contributed by atoms with Crippen LogP contribution in [0.2, 0.25) is 0 Å². The van der Waals surface area contributed by atoms with Crippen LogP contribution in [0.1, 0.15) is 35.3 Å². The van der Waals surface area contributed by atoms with Gasteiger partial charge < -0.3 is 10.2 Å². The lowest BCUT2D eigenvalue weighted by atomic mass is 10.1. The average Bonchev–Trinajstić information content (AvgIpc) is 2.47. The molecule has 1 aromatic carbocycles. The summed E-state index contributed by atoms with van der Waals surface area (Å²) in [4.78, 5) is 18.8. The number of aryl methyl sites for hydroxylation is 2. The summed E-state index contributed by atoms with van der Waals surface area (Å²) in [5, 5.41) is 2.94. The number of hydrogen-bond donors (Lipinski definition) is 1. The van der Waals surface area contributed by atoms with E-state index >= 15 is 0 Å². The topological polar surface area (TPSA) is 45.2 Å². The van der Waals surface area contributed by atoms with Gasteiger partial charge in [-0.3, -0.25) is 9.78 Å². The molecule has 0 saturated carbocycles. The van der Waals surface area contributed by atoms with Gasteiger partial charge in [-0.15, -0.1) is 0 Å². The van der Waals surface area contributed by atoms with Crippen LogP contribution in [-0.4, -0.2) is 24.0 Å². The molecule has 0 aliphatic rings. The van der Waals surface area contributed by atoms with Crippen molar-refractivity contribution in [1.82, 2.24) is 4.98 Å². The van der Waals surface area contributed by atoms with E-state index < -0.39 is 0 Å². The van der Waals surface area contributed by atoms with Gasteiger partial charge >= 0.3 is 0 Å². The van der Waals surface area contributed by atoms with E-state index in [0.29, 0.717) is 5.56 Å². The molecule has 2 rings (SSSR count). The van der Waals surface area contributed by atoms with Gasteiger partial charge in [0.1, 0.15) is 0 Å². The number of anilines is 2.